The monoisotopic (exact) mass is 444 g/mol. The molecule has 6 heteroatoms. The lowest BCUT2D eigenvalue weighted by Crippen LogP contribution is -2.53. The number of fused-ring (bicyclic) bond motifs is 4. The Bertz CT molecular complexity index is 922. The summed E-state index contributed by atoms with van der Waals surface area (Å²) >= 11 is 5.19. The first-order chi connectivity index (χ1) is 13.0. The fourth-order valence-electron chi connectivity index (χ4n) is 4.89. The van der Waals surface area contributed by atoms with Gasteiger partial charge in [0.15, 0.2) is 5.17 Å². The third-order valence-corrected chi connectivity index (χ3v) is 7.67. The Morgan fingerprint density at radius 1 is 1.22 bits per heavy atom. The highest BCUT2D eigenvalue weighted by molar-refractivity contribution is 9.10. The van der Waals surface area contributed by atoms with Gasteiger partial charge in [0.2, 0.25) is 0 Å². The fraction of sp³-hybridized carbons (Fsp3) is 0.381. The van der Waals surface area contributed by atoms with E-state index in [4.69, 9.17) is 15.5 Å². The summed E-state index contributed by atoms with van der Waals surface area (Å²) in [5.41, 5.74) is 6.87. The molecule has 2 aromatic carbocycles. The van der Waals surface area contributed by atoms with Crippen molar-refractivity contribution in [2.75, 3.05) is 5.75 Å². The third kappa shape index (κ3) is 2.72. The summed E-state index contributed by atoms with van der Waals surface area (Å²) in [6, 6.07) is 16.1. The maximum atomic E-state index is 11.5. The van der Waals surface area contributed by atoms with E-state index in [1.165, 1.54) is 0 Å². The zero-order valence-corrected chi connectivity index (χ0v) is 17.2. The Morgan fingerprint density at radius 2 is 2.04 bits per heavy atom. The second-order valence-corrected chi connectivity index (χ2v) is 9.62. The van der Waals surface area contributed by atoms with E-state index >= 15 is 0 Å². The standard InChI is InChI=1S/C21H21BrN2O2S/c22-14-6-7-17-15(10-14)21(12-27-19(23)24-21)16-11-20(25,9-8-18(16)26-17)13-4-2-1-3-5-13/h1-7,10,16,18,25H,8-9,11-12H2,(H2,23,24)/t16-,18-,20?,21+/m0/s1. The number of aliphatic hydroxyl groups is 1. The topological polar surface area (TPSA) is 67.8 Å². The molecule has 4 nitrogen and oxygen atoms in total. The van der Waals surface area contributed by atoms with Crippen LogP contribution in [0.2, 0.25) is 0 Å². The lowest BCUT2D eigenvalue weighted by molar-refractivity contribution is -0.0874. The average Bonchev–Trinajstić information content (AvgIpc) is 3.07. The van der Waals surface area contributed by atoms with Gasteiger partial charge in [0.1, 0.15) is 17.4 Å². The number of nitrogens with two attached hydrogens (primary N) is 1. The molecule has 0 saturated heterocycles. The molecule has 0 radical (unpaired) electrons. The van der Waals surface area contributed by atoms with Crippen LogP contribution in [0.15, 0.2) is 58.0 Å². The summed E-state index contributed by atoms with van der Waals surface area (Å²) in [4.78, 5) is 4.95. The quantitative estimate of drug-likeness (QED) is 0.692. The van der Waals surface area contributed by atoms with E-state index in [0.29, 0.717) is 18.0 Å². The summed E-state index contributed by atoms with van der Waals surface area (Å²) in [5.74, 6) is 1.76. The molecular weight excluding hydrogens is 424 g/mol. The van der Waals surface area contributed by atoms with E-state index in [9.17, 15) is 5.11 Å². The van der Waals surface area contributed by atoms with Crippen molar-refractivity contribution in [3.63, 3.8) is 0 Å². The van der Waals surface area contributed by atoms with Crippen LogP contribution in [-0.4, -0.2) is 22.1 Å². The number of amidine groups is 1. The molecule has 2 aliphatic heterocycles. The van der Waals surface area contributed by atoms with Gasteiger partial charge in [0.25, 0.3) is 0 Å². The van der Waals surface area contributed by atoms with Gasteiger partial charge >= 0.3 is 0 Å². The number of thioether (sulfide) groups is 1. The van der Waals surface area contributed by atoms with Gasteiger partial charge in [-0.05, 0) is 43.0 Å². The second kappa shape index (κ2) is 6.26. The largest absolute Gasteiger partial charge is 0.490 e. The molecule has 1 unspecified atom stereocenters. The van der Waals surface area contributed by atoms with Gasteiger partial charge in [0, 0.05) is 21.7 Å². The van der Waals surface area contributed by atoms with Crippen LogP contribution < -0.4 is 10.5 Å². The third-order valence-electron chi connectivity index (χ3n) is 6.21. The van der Waals surface area contributed by atoms with Crippen molar-refractivity contribution >= 4 is 32.9 Å². The van der Waals surface area contributed by atoms with Crippen LogP contribution >= 0.6 is 27.7 Å². The number of ether oxygens (including phenoxy) is 1. The van der Waals surface area contributed by atoms with Crippen molar-refractivity contribution < 1.29 is 9.84 Å². The van der Waals surface area contributed by atoms with Crippen LogP contribution in [0.25, 0.3) is 0 Å². The Kier molecular flexibility index (Phi) is 4.08. The first-order valence-corrected chi connectivity index (χ1v) is 11.0. The minimum atomic E-state index is -0.861. The van der Waals surface area contributed by atoms with E-state index < -0.39 is 11.1 Å². The van der Waals surface area contributed by atoms with Crippen LogP contribution in [0.1, 0.15) is 30.4 Å². The smallest absolute Gasteiger partial charge is 0.154 e. The van der Waals surface area contributed by atoms with Crippen molar-refractivity contribution in [3.8, 4) is 5.75 Å². The molecule has 27 heavy (non-hydrogen) atoms. The number of benzene rings is 2. The summed E-state index contributed by atoms with van der Waals surface area (Å²) in [6.45, 7) is 0. The zero-order valence-electron chi connectivity index (χ0n) is 14.8. The maximum absolute atomic E-state index is 11.5. The molecule has 3 aliphatic rings. The predicted molar refractivity (Wildman–Crippen MR) is 112 cm³/mol. The molecule has 0 aromatic heterocycles. The molecule has 1 saturated carbocycles. The molecule has 1 fully saturated rings. The molecule has 2 aromatic rings. The van der Waals surface area contributed by atoms with Crippen molar-refractivity contribution in [2.24, 2.45) is 16.6 Å². The molecule has 1 spiro atoms. The molecule has 0 amide bonds. The van der Waals surface area contributed by atoms with Crippen molar-refractivity contribution in [3.05, 3.63) is 64.1 Å². The molecule has 0 bridgehead atoms. The predicted octanol–water partition coefficient (Wildman–Crippen LogP) is 4.15. The van der Waals surface area contributed by atoms with Crippen molar-refractivity contribution in [1.29, 1.82) is 0 Å². The van der Waals surface area contributed by atoms with Crippen LogP contribution in [0.4, 0.5) is 0 Å². The van der Waals surface area contributed by atoms with Crippen LogP contribution in [0, 0.1) is 5.92 Å². The fourth-order valence-corrected chi connectivity index (χ4v) is 6.28. The first kappa shape index (κ1) is 17.6. The summed E-state index contributed by atoms with van der Waals surface area (Å²) in [6.07, 6.45) is 2.14. The molecule has 140 valence electrons. The molecular formula is C21H21BrN2O2S. The number of halogens is 1. The van der Waals surface area contributed by atoms with Gasteiger partial charge in [0.05, 0.1) is 5.60 Å². The minimum absolute atomic E-state index is 0.0397. The number of rotatable bonds is 1. The van der Waals surface area contributed by atoms with E-state index in [1.54, 1.807) is 11.8 Å². The highest BCUT2D eigenvalue weighted by Gasteiger charge is 2.57. The Labute approximate surface area is 171 Å². The number of hydrogen-bond donors (Lipinski definition) is 2. The average molecular weight is 445 g/mol. The molecule has 3 N–H and O–H groups in total. The molecule has 1 aliphatic carbocycles. The normalized spacial score (nSPS) is 34.5. The number of nitrogens with zero attached hydrogens (tertiary/aromatic N) is 1. The molecule has 5 rings (SSSR count). The van der Waals surface area contributed by atoms with E-state index in [1.807, 2.05) is 42.5 Å². The van der Waals surface area contributed by atoms with Gasteiger partial charge in [-0.1, -0.05) is 58.0 Å². The van der Waals surface area contributed by atoms with Crippen LogP contribution in [-0.2, 0) is 11.1 Å². The van der Waals surface area contributed by atoms with Gasteiger partial charge in [-0.25, -0.2) is 4.99 Å². The van der Waals surface area contributed by atoms with Gasteiger partial charge in [-0.2, -0.15) is 0 Å². The van der Waals surface area contributed by atoms with Crippen LogP contribution in [0.3, 0.4) is 0 Å². The van der Waals surface area contributed by atoms with E-state index in [0.717, 1.165) is 33.5 Å². The highest BCUT2D eigenvalue weighted by Crippen LogP contribution is 2.57. The minimum Gasteiger partial charge on any atom is -0.490 e. The SMILES string of the molecule is NC1=N[C@]2(CS1)c1cc(Br)ccc1O[C@H]1CCC(O)(c3ccccc3)C[C@@H]12. The van der Waals surface area contributed by atoms with Gasteiger partial charge < -0.3 is 15.6 Å². The Morgan fingerprint density at radius 3 is 2.78 bits per heavy atom. The number of hydrogen-bond acceptors (Lipinski definition) is 5. The van der Waals surface area contributed by atoms with Gasteiger partial charge in [-0.15, -0.1) is 0 Å². The van der Waals surface area contributed by atoms with Crippen LogP contribution in [0.5, 0.6) is 5.75 Å². The summed E-state index contributed by atoms with van der Waals surface area (Å²) in [5, 5.41) is 12.2. The first-order valence-electron chi connectivity index (χ1n) is 9.23. The zero-order chi connectivity index (χ0) is 18.6. The van der Waals surface area contributed by atoms with E-state index in [2.05, 4.69) is 22.0 Å². The maximum Gasteiger partial charge on any atom is 0.154 e. The lowest BCUT2D eigenvalue weighted by Gasteiger charge is -2.51. The number of aliphatic imine (C=N–C) groups is 1. The van der Waals surface area contributed by atoms with Crippen molar-refractivity contribution in [1.82, 2.24) is 0 Å². The summed E-state index contributed by atoms with van der Waals surface area (Å²) < 4.78 is 7.39. The lowest BCUT2D eigenvalue weighted by atomic mass is 9.63. The molecule has 2 heterocycles. The Hall–Kier alpha value is -1.50. The highest BCUT2D eigenvalue weighted by atomic mass is 79.9. The Balaban J connectivity index is 1.62. The van der Waals surface area contributed by atoms with Crippen molar-refractivity contribution in [2.45, 2.75) is 36.5 Å². The summed E-state index contributed by atoms with van der Waals surface area (Å²) in [7, 11) is 0. The van der Waals surface area contributed by atoms with Gasteiger partial charge in [-0.3, -0.25) is 0 Å². The molecule has 4 atom stereocenters. The second-order valence-electron chi connectivity index (χ2n) is 7.71. The van der Waals surface area contributed by atoms with E-state index in [-0.39, 0.29) is 12.0 Å².